The highest BCUT2D eigenvalue weighted by Crippen LogP contribution is 2.16. The van der Waals surface area contributed by atoms with E-state index in [4.69, 9.17) is 0 Å². The Morgan fingerprint density at radius 1 is 1.38 bits per heavy atom. The second kappa shape index (κ2) is 2.69. The van der Waals surface area contributed by atoms with Crippen LogP contribution in [-0.2, 0) is 0 Å². The van der Waals surface area contributed by atoms with E-state index in [0.29, 0.717) is 0 Å². The van der Waals surface area contributed by atoms with Gasteiger partial charge in [-0.3, -0.25) is 0 Å². The van der Waals surface area contributed by atoms with Crippen LogP contribution in [-0.4, -0.2) is 33.9 Å². The van der Waals surface area contributed by atoms with Gasteiger partial charge in [0.2, 0.25) is 5.65 Å². The zero-order valence-corrected chi connectivity index (χ0v) is 7.89. The first kappa shape index (κ1) is 7.97. The topological polar surface area (TPSA) is 46.3 Å². The number of rotatable bonds is 1. The Hall–Kier alpha value is -1.65. The minimum Gasteiger partial charge on any atom is -0.375 e. The molecule has 0 atom stereocenters. The Bertz CT molecular complexity index is 431. The predicted molar refractivity (Wildman–Crippen MR) is 49.8 cm³/mol. The molecule has 0 amide bonds. The molecule has 13 heavy (non-hydrogen) atoms. The van der Waals surface area contributed by atoms with E-state index in [0.717, 1.165) is 17.0 Å². The van der Waals surface area contributed by atoms with Crippen LogP contribution in [0.2, 0.25) is 0 Å². The van der Waals surface area contributed by atoms with Crippen molar-refractivity contribution in [1.82, 2.24) is 19.8 Å². The Morgan fingerprint density at radius 2 is 2.15 bits per heavy atom. The van der Waals surface area contributed by atoms with Gasteiger partial charge < -0.3 is 4.90 Å². The molecular formula is C8H11N5. The zero-order chi connectivity index (χ0) is 9.42. The van der Waals surface area contributed by atoms with E-state index in [1.807, 2.05) is 32.0 Å². The average Bonchev–Trinajstić information content (AvgIpc) is 2.49. The lowest BCUT2D eigenvalue weighted by atomic mass is 10.3. The molecule has 0 bridgehead atoms. The van der Waals surface area contributed by atoms with E-state index in [1.165, 1.54) is 0 Å². The van der Waals surface area contributed by atoms with Crippen molar-refractivity contribution in [2.45, 2.75) is 6.92 Å². The van der Waals surface area contributed by atoms with Crippen LogP contribution >= 0.6 is 0 Å². The van der Waals surface area contributed by atoms with Crippen molar-refractivity contribution >= 4 is 11.3 Å². The molecule has 2 aromatic heterocycles. The van der Waals surface area contributed by atoms with Crippen molar-refractivity contribution in [3.8, 4) is 0 Å². The number of aromatic nitrogens is 4. The highest BCUT2D eigenvalue weighted by atomic mass is 15.4. The molecule has 5 heteroatoms. The third-order valence-electron chi connectivity index (χ3n) is 1.85. The van der Waals surface area contributed by atoms with Crippen molar-refractivity contribution < 1.29 is 0 Å². The lowest BCUT2D eigenvalue weighted by Gasteiger charge is -2.12. The summed E-state index contributed by atoms with van der Waals surface area (Å²) in [6, 6.07) is 1.99. The van der Waals surface area contributed by atoms with Crippen LogP contribution in [0.25, 0.3) is 5.65 Å². The van der Waals surface area contributed by atoms with Crippen LogP contribution in [0.1, 0.15) is 5.69 Å². The highest BCUT2D eigenvalue weighted by molar-refractivity contribution is 5.67. The van der Waals surface area contributed by atoms with Gasteiger partial charge >= 0.3 is 0 Å². The highest BCUT2D eigenvalue weighted by Gasteiger charge is 2.06. The largest absolute Gasteiger partial charge is 0.375 e. The SMILES string of the molecule is Cc1cc(N(C)C)c2nncn2n1. The number of fused-ring (bicyclic) bond motifs is 1. The van der Waals surface area contributed by atoms with E-state index in [-0.39, 0.29) is 0 Å². The van der Waals surface area contributed by atoms with Gasteiger partial charge in [0.1, 0.15) is 6.33 Å². The molecule has 0 spiro atoms. The molecule has 0 aliphatic heterocycles. The van der Waals surface area contributed by atoms with E-state index in [2.05, 4.69) is 15.3 Å². The van der Waals surface area contributed by atoms with Gasteiger partial charge in [0.25, 0.3) is 0 Å². The molecule has 0 N–H and O–H groups in total. The first-order valence-corrected chi connectivity index (χ1v) is 4.03. The standard InChI is InChI=1S/C8H11N5/c1-6-4-7(12(2)3)8-10-9-5-13(8)11-6/h4-5H,1-3H3. The molecule has 68 valence electrons. The third-order valence-corrected chi connectivity index (χ3v) is 1.85. The van der Waals surface area contributed by atoms with Gasteiger partial charge in [-0.05, 0) is 13.0 Å². The number of hydrogen-bond acceptors (Lipinski definition) is 4. The van der Waals surface area contributed by atoms with Gasteiger partial charge in [0, 0.05) is 14.1 Å². The smallest absolute Gasteiger partial charge is 0.200 e. The Kier molecular flexibility index (Phi) is 1.65. The average molecular weight is 177 g/mol. The molecule has 0 aliphatic carbocycles. The van der Waals surface area contributed by atoms with Gasteiger partial charge in [-0.1, -0.05) is 0 Å². The Morgan fingerprint density at radius 3 is 2.85 bits per heavy atom. The fourth-order valence-corrected chi connectivity index (χ4v) is 1.26. The summed E-state index contributed by atoms with van der Waals surface area (Å²) < 4.78 is 1.69. The maximum absolute atomic E-state index is 4.24. The van der Waals surface area contributed by atoms with Crippen LogP contribution in [0.3, 0.4) is 0 Å². The van der Waals surface area contributed by atoms with E-state index < -0.39 is 0 Å². The van der Waals surface area contributed by atoms with Crippen LogP contribution in [0.4, 0.5) is 5.69 Å². The molecule has 0 radical (unpaired) electrons. The van der Waals surface area contributed by atoms with Crippen molar-refractivity contribution in [2.24, 2.45) is 0 Å². The summed E-state index contributed by atoms with van der Waals surface area (Å²) in [5, 5.41) is 12.0. The minimum atomic E-state index is 0.788. The molecule has 2 rings (SSSR count). The lowest BCUT2D eigenvalue weighted by molar-refractivity contribution is 0.887. The van der Waals surface area contributed by atoms with Gasteiger partial charge in [-0.2, -0.15) is 9.61 Å². The summed E-state index contributed by atoms with van der Waals surface area (Å²) in [5.74, 6) is 0. The molecule has 5 nitrogen and oxygen atoms in total. The number of anilines is 1. The van der Waals surface area contributed by atoms with Crippen molar-refractivity contribution in [3.05, 3.63) is 18.1 Å². The van der Waals surface area contributed by atoms with Gasteiger partial charge in [0.15, 0.2) is 0 Å². The minimum absolute atomic E-state index is 0.788. The fourth-order valence-electron chi connectivity index (χ4n) is 1.26. The van der Waals surface area contributed by atoms with Crippen molar-refractivity contribution in [1.29, 1.82) is 0 Å². The molecule has 0 unspecified atom stereocenters. The van der Waals surface area contributed by atoms with Crippen molar-refractivity contribution in [2.75, 3.05) is 19.0 Å². The summed E-state index contributed by atoms with van der Waals surface area (Å²) in [6.45, 7) is 1.95. The molecule has 0 fully saturated rings. The number of aryl methyl sites for hydroxylation is 1. The fraction of sp³-hybridized carbons (Fsp3) is 0.375. The molecule has 0 saturated carbocycles. The molecule has 0 aromatic carbocycles. The Balaban J connectivity index is 2.77. The van der Waals surface area contributed by atoms with Crippen LogP contribution in [0.15, 0.2) is 12.4 Å². The van der Waals surface area contributed by atoms with E-state index in [9.17, 15) is 0 Å². The normalized spacial score (nSPS) is 10.7. The summed E-state index contributed by atoms with van der Waals surface area (Å²) in [4.78, 5) is 2.00. The number of hydrogen-bond donors (Lipinski definition) is 0. The maximum Gasteiger partial charge on any atom is 0.200 e. The van der Waals surface area contributed by atoms with Gasteiger partial charge in [-0.15, -0.1) is 10.2 Å². The van der Waals surface area contributed by atoms with Crippen LogP contribution < -0.4 is 4.90 Å². The quantitative estimate of drug-likeness (QED) is 0.636. The molecule has 2 heterocycles. The van der Waals surface area contributed by atoms with Gasteiger partial charge in [0.05, 0.1) is 11.4 Å². The van der Waals surface area contributed by atoms with E-state index >= 15 is 0 Å². The van der Waals surface area contributed by atoms with Gasteiger partial charge in [-0.25, -0.2) is 0 Å². The summed E-state index contributed by atoms with van der Waals surface area (Å²) in [7, 11) is 3.95. The monoisotopic (exact) mass is 177 g/mol. The summed E-state index contributed by atoms with van der Waals surface area (Å²) in [5.41, 5.74) is 2.77. The third kappa shape index (κ3) is 1.22. The first-order valence-electron chi connectivity index (χ1n) is 4.03. The van der Waals surface area contributed by atoms with Crippen molar-refractivity contribution in [3.63, 3.8) is 0 Å². The van der Waals surface area contributed by atoms with E-state index in [1.54, 1.807) is 10.8 Å². The first-order chi connectivity index (χ1) is 6.18. The Labute approximate surface area is 76.0 Å². The summed E-state index contributed by atoms with van der Waals surface area (Å²) >= 11 is 0. The zero-order valence-electron chi connectivity index (χ0n) is 7.89. The predicted octanol–water partition coefficient (Wildman–Crippen LogP) is 0.499. The maximum atomic E-state index is 4.24. The van der Waals surface area contributed by atoms with Crippen LogP contribution in [0, 0.1) is 6.92 Å². The molecule has 0 saturated heterocycles. The van der Waals surface area contributed by atoms with Crippen LogP contribution in [0.5, 0.6) is 0 Å². The molecule has 0 aliphatic rings. The molecular weight excluding hydrogens is 166 g/mol. The number of nitrogens with zero attached hydrogens (tertiary/aromatic N) is 5. The second-order valence-corrected chi connectivity index (χ2v) is 3.16. The second-order valence-electron chi connectivity index (χ2n) is 3.16. The summed E-state index contributed by atoms with van der Waals surface area (Å²) in [6.07, 6.45) is 1.61. The lowest BCUT2D eigenvalue weighted by Crippen LogP contribution is -2.11. The molecule has 2 aromatic rings.